The number of unbranched alkanes of at least 4 members (excludes halogenated alkanes) is 33. The first-order valence-corrected chi connectivity index (χ1v) is 28.5. The lowest BCUT2D eigenvalue weighted by Crippen LogP contribution is -2.55. The topological polar surface area (TPSA) is 102 Å². The maximum Gasteiger partial charge on any atom is 0.306 e. The van der Waals surface area contributed by atoms with Gasteiger partial charge in [-0.3, -0.25) is 9.59 Å². The molecule has 0 aromatic heterocycles. The molecule has 0 spiro atoms. The summed E-state index contributed by atoms with van der Waals surface area (Å²) < 4.78 is 17.3. The van der Waals surface area contributed by atoms with E-state index in [0.717, 1.165) is 38.5 Å². The van der Waals surface area contributed by atoms with Crippen LogP contribution in [-0.4, -0.2) is 75.5 Å². The van der Waals surface area contributed by atoms with Crippen molar-refractivity contribution in [1.82, 2.24) is 0 Å². The third kappa shape index (κ3) is 48.4. The van der Waals surface area contributed by atoms with Gasteiger partial charge in [0, 0.05) is 19.3 Å². The van der Waals surface area contributed by atoms with Crippen LogP contribution in [-0.2, 0) is 28.6 Å². The molecule has 8 heteroatoms. The Bertz CT molecular complexity index is 1190. The molecule has 0 saturated heterocycles. The number of ether oxygens (including phenoxy) is 3. The molecule has 0 aliphatic carbocycles. The molecule has 0 saturated carbocycles. The van der Waals surface area contributed by atoms with E-state index in [2.05, 4.69) is 50.3 Å². The Balaban J connectivity index is 4.17. The van der Waals surface area contributed by atoms with Gasteiger partial charge in [0.25, 0.3) is 0 Å². The van der Waals surface area contributed by atoms with Crippen LogP contribution in [0.1, 0.15) is 271 Å². The van der Waals surface area contributed by atoms with Gasteiger partial charge in [0.15, 0.2) is 6.10 Å². The number of esters is 2. The maximum absolute atomic E-state index is 12.8. The molecule has 67 heavy (non-hydrogen) atoms. The zero-order valence-electron chi connectivity index (χ0n) is 44.8. The Labute approximate surface area is 414 Å². The SMILES string of the molecule is CCCCCC/C=C/C=C/CCCCCCCCCCCCC(=O)OC(COCCC(C(=O)[O-])[N+](C)(C)C)COC(=O)CCCCCCCCC/C=C/CCCCCCCCCCCCCC. The van der Waals surface area contributed by atoms with Crippen LogP contribution in [0.4, 0.5) is 0 Å². The highest BCUT2D eigenvalue weighted by atomic mass is 16.6. The highest BCUT2D eigenvalue weighted by molar-refractivity contribution is 5.70. The Morgan fingerprint density at radius 1 is 0.448 bits per heavy atom. The molecule has 0 aliphatic heterocycles. The smallest absolute Gasteiger partial charge is 0.306 e. The van der Waals surface area contributed by atoms with Gasteiger partial charge in [-0.15, -0.1) is 0 Å². The van der Waals surface area contributed by atoms with E-state index in [4.69, 9.17) is 14.2 Å². The standard InChI is InChI=1S/C59H109NO7/c1-6-8-10-12-14-16-18-20-22-24-26-28-29-30-32-33-35-37-39-41-43-45-47-49-57(61)66-54-55(53-65-52-51-56(59(63)64)60(3,4)5)67-58(62)50-48-46-44-42-40-38-36-34-31-27-25-23-21-19-17-15-13-11-9-7-2/h17,19,21,23,30,32,55-56H,6-16,18,20,22,24-29,31,33-54H2,1-5H3/b19-17+,23-21+,32-30+. The number of quaternary nitrogens is 1. The van der Waals surface area contributed by atoms with E-state index in [1.165, 1.54) is 199 Å². The van der Waals surface area contributed by atoms with Crippen LogP contribution >= 0.6 is 0 Å². The number of carboxylic acid groups (broad SMARTS) is 1. The lowest BCUT2D eigenvalue weighted by molar-refractivity contribution is -0.889. The predicted octanol–water partition coefficient (Wildman–Crippen LogP) is 15.6. The van der Waals surface area contributed by atoms with E-state index in [-0.39, 0.29) is 42.7 Å². The molecule has 0 heterocycles. The monoisotopic (exact) mass is 944 g/mol. The summed E-state index contributed by atoms with van der Waals surface area (Å²) >= 11 is 0. The van der Waals surface area contributed by atoms with Gasteiger partial charge in [-0.25, -0.2) is 0 Å². The van der Waals surface area contributed by atoms with E-state index in [1.807, 2.05) is 21.1 Å². The number of carbonyl (C=O) groups excluding carboxylic acids is 3. The quantitative estimate of drug-likeness (QED) is 0.0197. The number of hydrogen-bond acceptors (Lipinski definition) is 7. The lowest BCUT2D eigenvalue weighted by Gasteiger charge is -2.34. The fourth-order valence-electron chi connectivity index (χ4n) is 8.59. The molecule has 2 unspecified atom stereocenters. The van der Waals surface area contributed by atoms with Crippen LogP contribution in [0.3, 0.4) is 0 Å². The molecule has 0 radical (unpaired) electrons. The number of nitrogens with zero attached hydrogens (tertiary/aromatic N) is 1. The average Bonchev–Trinajstić information content (AvgIpc) is 3.29. The first-order valence-electron chi connectivity index (χ1n) is 28.5. The second-order valence-electron chi connectivity index (χ2n) is 20.6. The number of carboxylic acids is 1. The maximum atomic E-state index is 12.8. The Hall–Kier alpha value is -2.45. The van der Waals surface area contributed by atoms with Crippen LogP contribution in [0.2, 0.25) is 0 Å². The number of likely N-dealkylation sites (N-methyl/N-ethyl adjacent to an activating group) is 1. The summed E-state index contributed by atoms with van der Waals surface area (Å²) in [5.74, 6) is -1.73. The summed E-state index contributed by atoms with van der Waals surface area (Å²) in [6.07, 6.45) is 60.4. The fourth-order valence-corrected chi connectivity index (χ4v) is 8.59. The molecule has 0 N–H and O–H groups in total. The van der Waals surface area contributed by atoms with Crippen molar-refractivity contribution in [3.8, 4) is 0 Å². The van der Waals surface area contributed by atoms with E-state index in [0.29, 0.717) is 12.8 Å². The third-order valence-electron chi connectivity index (χ3n) is 13.0. The van der Waals surface area contributed by atoms with Crippen molar-refractivity contribution < 1.29 is 38.2 Å². The van der Waals surface area contributed by atoms with Gasteiger partial charge >= 0.3 is 11.9 Å². The number of rotatable bonds is 52. The number of allylic oxidation sites excluding steroid dienone is 6. The van der Waals surface area contributed by atoms with Gasteiger partial charge in [0.05, 0.1) is 40.3 Å². The summed E-state index contributed by atoms with van der Waals surface area (Å²) in [6, 6.07) is -0.727. The van der Waals surface area contributed by atoms with Gasteiger partial charge in [0.1, 0.15) is 12.6 Å². The van der Waals surface area contributed by atoms with Gasteiger partial charge in [-0.1, -0.05) is 224 Å². The van der Waals surface area contributed by atoms with Crippen LogP contribution in [0.15, 0.2) is 36.5 Å². The van der Waals surface area contributed by atoms with Crippen molar-refractivity contribution in [2.45, 2.75) is 283 Å². The third-order valence-corrected chi connectivity index (χ3v) is 13.0. The van der Waals surface area contributed by atoms with Gasteiger partial charge < -0.3 is 28.6 Å². The summed E-state index contributed by atoms with van der Waals surface area (Å²) in [4.78, 5) is 37.1. The first kappa shape index (κ1) is 64.5. The molecule has 0 amide bonds. The Morgan fingerprint density at radius 2 is 0.791 bits per heavy atom. The predicted molar refractivity (Wildman–Crippen MR) is 282 cm³/mol. The molecule has 0 aromatic carbocycles. The first-order chi connectivity index (χ1) is 32.6. The second-order valence-corrected chi connectivity index (χ2v) is 20.6. The van der Waals surface area contributed by atoms with E-state index >= 15 is 0 Å². The fraction of sp³-hybridized carbons (Fsp3) is 0.847. The van der Waals surface area contributed by atoms with E-state index < -0.39 is 18.1 Å². The summed E-state index contributed by atoms with van der Waals surface area (Å²) in [5, 5.41) is 11.7. The number of hydrogen-bond donors (Lipinski definition) is 0. The summed E-state index contributed by atoms with van der Waals surface area (Å²) in [5.41, 5.74) is 0. The van der Waals surface area contributed by atoms with Crippen molar-refractivity contribution >= 4 is 17.9 Å². The second kappa shape index (κ2) is 50.0. The minimum Gasteiger partial charge on any atom is -0.544 e. The molecule has 0 fully saturated rings. The normalized spacial score (nSPS) is 13.0. The minimum absolute atomic E-state index is 0.0401. The molecule has 0 bridgehead atoms. The van der Waals surface area contributed by atoms with Gasteiger partial charge in [-0.05, 0) is 64.2 Å². The van der Waals surface area contributed by atoms with Crippen molar-refractivity contribution in [2.24, 2.45) is 0 Å². The largest absolute Gasteiger partial charge is 0.544 e. The lowest BCUT2D eigenvalue weighted by atomic mass is 10.0. The number of carbonyl (C=O) groups is 3. The summed E-state index contributed by atoms with van der Waals surface area (Å²) in [6.45, 7) is 4.68. The number of aliphatic carboxylic acids is 1. The molecule has 392 valence electrons. The van der Waals surface area contributed by atoms with Crippen LogP contribution in [0, 0.1) is 0 Å². The van der Waals surface area contributed by atoms with Gasteiger partial charge in [-0.2, -0.15) is 0 Å². The Morgan fingerprint density at radius 3 is 1.18 bits per heavy atom. The van der Waals surface area contributed by atoms with E-state index in [9.17, 15) is 19.5 Å². The average molecular weight is 945 g/mol. The van der Waals surface area contributed by atoms with Gasteiger partial charge in [0.2, 0.25) is 0 Å². The molecule has 2 atom stereocenters. The molecular formula is C59H109NO7. The van der Waals surface area contributed by atoms with Crippen molar-refractivity contribution in [2.75, 3.05) is 41.0 Å². The molecule has 0 rings (SSSR count). The van der Waals surface area contributed by atoms with Crippen LogP contribution in [0.5, 0.6) is 0 Å². The Kier molecular flexibility index (Phi) is 48.1. The summed E-state index contributed by atoms with van der Waals surface area (Å²) in [7, 11) is 5.43. The molecule has 8 nitrogen and oxygen atoms in total. The minimum atomic E-state index is -1.12. The molecule has 0 aromatic rings. The van der Waals surface area contributed by atoms with Crippen molar-refractivity contribution in [3.63, 3.8) is 0 Å². The van der Waals surface area contributed by atoms with Crippen LogP contribution in [0.25, 0.3) is 0 Å². The zero-order chi connectivity index (χ0) is 49.2. The highest BCUT2D eigenvalue weighted by Crippen LogP contribution is 2.16. The molecular weight excluding hydrogens is 835 g/mol. The zero-order valence-corrected chi connectivity index (χ0v) is 44.8. The van der Waals surface area contributed by atoms with Crippen LogP contribution < -0.4 is 5.11 Å². The highest BCUT2D eigenvalue weighted by Gasteiger charge is 2.25. The van der Waals surface area contributed by atoms with E-state index in [1.54, 1.807) is 0 Å². The van der Waals surface area contributed by atoms with Crippen molar-refractivity contribution in [3.05, 3.63) is 36.5 Å². The molecule has 0 aliphatic rings. The van der Waals surface area contributed by atoms with Crippen molar-refractivity contribution in [1.29, 1.82) is 0 Å².